The second-order valence-electron chi connectivity index (χ2n) is 1.62. The number of allylic oxidation sites excluding steroid dienone is 1. The van der Waals surface area contributed by atoms with Crippen molar-refractivity contribution in [2.24, 2.45) is 0 Å². The van der Waals surface area contributed by atoms with Crippen LogP contribution in [0.5, 0.6) is 0 Å². The van der Waals surface area contributed by atoms with Gasteiger partial charge in [-0.15, -0.1) is 0 Å². The predicted molar refractivity (Wildman–Crippen MR) is 41.3 cm³/mol. The molecule has 0 atom stereocenters. The quantitative estimate of drug-likeness (QED) is 0.334. The average Bonchev–Trinajstić information content (AvgIpc) is 1.86. The fourth-order valence-corrected chi connectivity index (χ4v) is 1.43. The minimum atomic E-state index is -4.42. The Balaban J connectivity index is 4.89. The van der Waals surface area contributed by atoms with Crippen LogP contribution >= 0.6 is 0 Å². The molecule has 0 heterocycles. The van der Waals surface area contributed by atoms with Gasteiger partial charge in [-0.05, 0) is 6.92 Å². The molecule has 5 nitrogen and oxygen atoms in total. The summed E-state index contributed by atoms with van der Waals surface area (Å²) in [6.07, 6.45) is 0.982. The minimum Gasteiger partial charge on any atom is -0.525 e. The third kappa shape index (κ3) is 2.83. The molecule has 0 aliphatic carbocycles. The van der Waals surface area contributed by atoms with E-state index in [4.69, 9.17) is 4.55 Å². The lowest BCUT2D eigenvalue weighted by Crippen LogP contribution is -2.14. The summed E-state index contributed by atoms with van der Waals surface area (Å²) in [5, 5.41) is 0. The molecule has 0 amide bonds. The summed E-state index contributed by atoms with van der Waals surface area (Å²) < 4.78 is 33.3. The molecule has 0 unspecified atom stereocenters. The molecule has 11 heavy (non-hydrogen) atoms. The molecule has 0 aromatic rings. The average molecular weight is 196 g/mol. The first kappa shape index (κ1) is 10.3. The molecule has 0 radical (unpaired) electrons. The van der Waals surface area contributed by atoms with Gasteiger partial charge in [-0.3, -0.25) is 4.55 Å². The van der Waals surface area contributed by atoms with Crippen LogP contribution in [-0.4, -0.2) is 29.4 Å². The van der Waals surface area contributed by atoms with Crippen molar-refractivity contribution >= 4 is 26.6 Å². The van der Waals surface area contributed by atoms with Gasteiger partial charge >= 0.3 is 16.1 Å². The maximum atomic E-state index is 10.6. The second-order valence-corrected chi connectivity index (χ2v) is 3.42. The maximum absolute atomic E-state index is 10.6. The Morgan fingerprint density at radius 1 is 1.64 bits per heavy atom. The molecular formula is C4H8O5SSi. The van der Waals surface area contributed by atoms with Crippen molar-refractivity contribution in [1.29, 1.82) is 0 Å². The van der Waals surface area contributed by atoms with Gasteiger partial charge in [0.15, 0.2) is 4.91 Å². The Morgan fingerprint density at radius 2 is 2.09 bits per heavy atom. The third-order valence-electron chi connectivity index (χ3n) is 0.927. The van der Waals surface area contributed by atoms with Gasteiger partial charge in [0, 0.05) is 0 Å². The Morgan fingerprint density at radius 3 is 2.18 bits per heavy atom. The van der Waals surface area contributed by atoms with E-state index in [9.17, 15) is 13.2 Å². The lowest BCUT2D eigenvalue weighted by molar-refractivity contribution is -0.129. The van der Waals surface area contributed by atoms with Crippen molar-refractivity contribution in [3.8, 4) is 0 Å². The molecule has 0 bridgehead atoms. The Hall–Kier alpha value is -0.663. The van der Waals surface area contributed by atoms with Crippen LogP contribution in [0.4, 0.5) is 0 Å². The van der Waals surface area contributed by atoms with Crippen LogP contribution < -0.4 is 0 Å². The Bertz CT molecular complexity index is 277. The molecule has 0 aliphatic rings. The van der Waals surface area contributed by atoms with E-state index in [0.717, 1.165) is 6.08 Å². The normalized spacial score (nSPS) is 13.1. The summed E-state index contributed by atoms with van der Waals surface area (Å²) in [6, 6.07) is 0. The largest absolute Gasteiger partial charge is 0.525 e. The molecule has 7 heteroatoms. The molecule has 0 saturated heterocycles. The van der Waals surface area contributed by atoms with E-state index in [0.29, 0.717) is 0 Å². The SMILES string of the molecule is C/C=C(/C(=O)O[SiH3])S(=O)(=O)O. The van der Waals surface area contributed by atoms with Crippen LogP contribution in [0.2, 0.25) is 0 Å². The number of hydrogen-bond donors (Lipinski definition) is 1. The van der Waals surface area contributed by atoms with E-state index >= 15 is 0 Å². The van der Waals surface area contributed by atoms with E-state index in [1.165, 1.54) is 6.92 Å². The van der Waals surface area contributed by atoms with E-state index in [-0.39, 0.29) is 10.5 Å². The topological polar surface area (TPSA) is 80.7 Å². The summed E-state index contributed by atoms with van der Waals surface area (Å²) in [6.45, 7) is 1.32. The van der Waals surface area contributed by atoms with Gasteiger partial charge in [-0.1, -0.05) is 6.08 Å². The monoisotopic (exact) mass is 196 g/mol. The third-order valence-corrected chi connectivity index (χ3v) is 2.26. The standard InChI is InChI=1S/C4H8O5SSi/c1-2-3(4(5)9-11)10(6,7)8/h2H,1,11H3,(H,6,7,8)/b3-2-. The van der Waals surface area contributed by atoms with Gasteiger partial charge in [-0.25, -0.2) is 4.79 Å². The van der Waals surface area contributed by atoms with E-state index in [1.807, 2.05) is 0 Å². The summed E-state index contributed by atoms with van der Waals surface area (Å²) in [4.78, 5) is 9.88. The summed E-state index contributed by atoms with van der Waals surface area (Å²) in [7, 11) is -4.32. The van der Waals surface area contributed by atoms with Gasteiger partial charge in [0.05, 0.1) is 0 Å². The number of carbonyl (C=O) groups is 1. The van der Waals surface area contributed by atoms with E-state index in [2.05, 4.69) is 4.43 Å². The molecule has 0 aliphatic heterocycles. The fourth-order valence-electron chi connectivity index (χ4n) is 0.473. The molecule has 64 valence electrons. The van der Waals surface area contributed by atoms with Crippen LogP contribution in [0.15, 0.2) is 11.0 Å². The van der Waals surface area contributed by atoms with Crippen molar-refractivity contribution < 1.29 is 22.2 Å². The van der Waals surface area contributed by atoms with Gasteiger partial charge in [-0.2, -0.15) is 8.42 Å². The lowest BCUT2D eigenvalue weighted by Gasteiger charge is -1.99. The van der Waals surface area contributed by atoms with Crippen LogP contribution in [0.3, 0.4) is 0 Å². The highest BCUT2D eigenvalue weighted by atomic mass is 32.2. The number of rotatable bonds is 2. The molecule has 0 spiro atoms. The Labute approximate surface area is 67.3 Å². The van der Waals surface area contributed by atoms with Gasteiger partial charge < -0.3 is 4.43 Å². The lowest BCUT2D eigenvalue weighted by atomic mass is 10.5. The first-order chi connectivity index (χ1) is 4.93. The zero-order valence-electron chi connectivity index (χ0n) is 6.07. The van der Waals surface area contributed by atoms with Gasteiger partial charge in [0.2, 0.25) is 10.5 Å². The van der Waals surface area contributed by atoms with Crippen molar-refractivity contribution in [2.45, 2.75) is 6.92 Å². The van der Waals surface area contributed by atoms with Crippen LogP contribution in [0.1, 0.15) is 6.92 Å². The first-order valence-electron chi connectivity index (χ1n) is 2.65. The van der Waals surface area contributed by atoms with Crippen LogP contribution in [0, 0.1) is 0 Å². The fraction of sp³-hybridized carbons (Fsp3) is 0.250. The zero-order chi connectivity index (χ0) is 9.07. The number of carbonyl (C=O) groups excluding carboxylic acids is 1. The Kier molecular flexibility index (Phi) is 3.43. The van der Waals surface area contributed by atoms with Crippen LogP contribution in [-0.2, 0) is 19.3 Å². The van der Waals surface area contributed by atoms with Gasteiger partial charge in [0.25, 0.3) is 0 Å². The highest BCUT2D eigenvalue weighted by molar-refractivity contribution is 7.90. The molecule has 0 aromatic carbocycles. The van der Waals surface area contributed by atoms with Crippen molar-refractivity contribution in [3.63, 3.8) is 0 Å². The van der Waals surface area contributed by atoms with E-state index in [1.54, 1.807) is 0 Å². The van der Waals surface area contributed by atoms with Gasteiger partial charge in [0.1, 0.15) is 0 Å². The molecule has 0 aromatic heterocycles. The summed E-state index contributed by atoms with van der Waals surface area (Å²) in [5.74, 6) is -1.01. The summed E-state index contributed by atoms with van der Waals surface area (Å²) in [5.41, 5.74) is 0. The number of hydrogen-bond acceptors (Lipinski definition) is 4. The maximum Gasteiger partial charge on any atom is 0.337 e. The first-order valence-corrected chi connectivity index (χ1v) is 4.91. The van der Waals surface area contributed by atoms with Crippen molar-refractivity contribution in [2.75, 3.05) is 0 Å². The van der Waals surface area contributed by atoms with E-state index < -0.39 is 21.0 Å². The summed E-state index contributed by atoms with van der Waals surface area (Å²) >= 11 is 0. The van der Waals surface area contributed by atoms with Crippen molar-refractivity contribution in [1.82, 2.24) is 0 Å². The smallest absolute Gasteiger partial charge is 0.337 e. The highest BCUT2D eigenvalue weighted by Gasteiger charge is 2.21. The minimum absolute atomic E-state index is 0.0930. The second kappa shape index (κ2) is 3.65. The predicted octanol–water partition coefficient (Wildman–Crippen LogP) is -1.40. The highest BCUT2D eigenvalue weighted by Crippen LogP contribution is 2.04. The van der Waals surface area contributed by atoms with Crippen molar-refractivity contribution in [3.05, 3.63) is 11.0 Å². The molecule has 1 N–H and O–H groups in total. The molecule has 0 fully saturated rings. The molecular weight excluding hydrogens is 188 g/mol. The molecule has 0 saturated carbocycles. The van der Waals surface area contributed by atoms with Crippen LogP contribution in [0.25, 0.3) is 0 Å². The molecule has 0 rings (SSSR count). The zero-order valence-corrected chi connectivity index (χ0v) is 8.88.